The lowest BCUT2D eigenvalue weighted by Gasteiger charge is -2.41. The van der Waals surface area contributed by atoms with Crippen LogP contribution in [0, 0.1) is 23.3 Å². The summed E-state index contributed by atoms with van der Waals surface area (Å²) in [5.74, 6) is -2.36. The van der Waals surface area contributed by atoms with Gasteiger partial charge in [0.1, 0.15) is 29.4 Å². The van der Waals surface area contributed by atoms with Gasteiger partial charge in [-0.1, -0.05) is 64.3 Å². The molecule has 1 saturated heterocycles. The molecule has 2 fully saturated rings. The lowest BCUT2D eigenvalue weighted by atomic mass is 9.74. The highest BCUT2D eigenvalue weighted by atomic mass is 19.1. The van der Waals surface area contributed by atoms with Crippen molar-refractivity contribution >= 4 is 0 Å². The molecule has 9 heteroatoms. The molecule has 47 heavy (non-hydrogen) atoms. The van der Waals surface area contributed by atoms with E-state index >= 15 is 0 Å². The molecule has 3 aromatic carbocycles. The van der Waals surface area contributed by atoms with Crippen LogP contribution in [0.25, 0.3) is 0 Å². The Hall–Kier alpha value is -2.82. The Morgan fingerprint density at radius 1 is 0.830 bits per heavy atom. The predicted octanol–water partition coefficient (Wildman–Crippen LogP) is 7.55. The van der Waals surface area contributed by atoms with E-state index in [9.17, 15) is 22.7 Å². The molecule has 0 aromatic heterocycles. The van der Waals surface area contributed by atoms with Gasteiger partial charge < -0.3 is 24.6 Å². The molecule has 258 valence electrons. The summed E-state index contributed by atoms with van der Waals surface area (Å²) in [5, 5.41) is 14.6. The van der Waals surface area contributed by atoms with Crippen molar-refractivity contribution in [1.29, 1.82) is 0 Å². The van der Waals surface area contributed by atoms with E-state index in [1.165, 1.54) is 48.9 Å². The molecule has 4 unspecified atom stereocenters. The molecule has 1 aliphatic carbocycles. The summed E-state index contributed by atoms with van der Waals surface area (Å²) in [6.45, 7) is 7.66. The summed E-state index contributed by atoms with van der Waals surface area (Å²) in [6, 6.07) is 15.7. The van der Waals surface area contributed by atoms with Gasteiger partial charge in [-0.15, -0.1) is 0 Å². The zero-order chi connectivity index (χ0) is 34.2. The number of hydrogen-bond acceptors (Lipinski definition) is 5. The Morgan fingerprint density at radius 3 is 1.87 bits per heavy atom. The number of methoxy groups -OCH3 is 2. The number of nitrogens with one attached hydrogen (secondary N) is 1. The topological polar surface area (TPSA) is 63.2 Å². The average Bonchev–Trinajstić information content (AvgIpc) is 3.87. The first-order valence-corrected chi connectivity index (χ1v) is 16.4. The fourth-order valence-corrected chi connectivity index (χ4v) is 6.37. The maximum Gasteiger partial charge on any atom is 0.126 e. The van der Waals surface area contributed by atoms with Gasteiger partial charge in [-0.25, -0.2) is 17.6 Å². The first-order valence-electron chi connectivity index (χ1n) is 16.4. The van der Waals surface area contributed by atoms with Gasteiger partial charge in [0.2, 0.25) is 0 Å². The van der Waals surface area contributed by atoms with Crippen LogP contribution in [-0.4, -0.2) is 56.9 Å². The van der Waals surface area contributed by atoms with Crippen LogP contribution in [0.2, 0.25) is 0 Å². The third kappa shape index (κ3) is 10.8. The van der Waals surface area contributed by atoms with Crippen molar-refractivity contribution in [2.24, 2.45) is 0 Å². The van der Waals surface area contributed by atoms with Gasteiger partial charge in [-0.2, -0.15) is 0 Å². The maximum atomic E-state index is 13.6. The lowest BCUT2D eigenvalue weighted by Crippen LogP contribution is -2.49. The number of ether oxygens (including phenoxy) is 3. The molecular weight excluding hydrogens is 610 g/mol. The van der Waals surface area contributed by atoms with E-state index < -0.39 is 35.5 Å². The van der Waals surface area contributed by atoms with Gasteiger partial charge in [0.25, 0.3) is 0 Å². The third-order valence-electron chi connectivity index (χ3n) is 9.16. The third-order valence-corrected chi connectivity index (χ3v) is 9.16. The van der Waals surface area contributed by atoms with Gasteiger partial charge in [-0.3, -0.25) is 0 Å². The van der Waals surface area contributed by atoms with E-state index in [-0.39, 0.29) is 29.6 Å². The van der Waals surface area contributed by atoms with Gasteiger partial charge in [0.05, 0.1) is 24.9 Å². The van der Waals surface area contributed by atoms with E-state index in [4.69, 9.17) is 14.2 Å². The van der Waals surface area contributed by atoms with E-state index in [1.807, 2.05) is 0 Å². The molecule has 2 N–H and O–H groups in total. The summed E-state index contributed by atoms with van der Waals surface area (Å²) >= 11 is 0. The second-order valence-corrected chi connectivity index (χ2v) is 13.8. The van der Waals surface area contributed by atoms with Crippen molar-refractivity contribution in [3.05, 3.63) is 106 Å². The van der Waals surface area contributed by atoms with E-state index in [0.717, 1.165) is 37.8 Å². The molecule has 4 atom stereocenters. The molecular formula is C38H49F4NO4. The summed E-state index contributed by atoms with van der Waals surface area (Å²) in [5.41, 5.74) is 3.49. The van der Waals surface area contributed by atoms with Gasteiger partial charge in [-0.05, 0) is 64.8 Å². The Morgan fingerprint density at radius 2 is 1.38 bits per heavy atom. The normalized spacial score (nSPS) is 19.3. The van der Waals surface area contributed by atoms with Crippen LogP contribution in [0.3, 0.4) is 0 Å². The maximum absolute atomic E-state index is 13.6. The summed E-state index contributed by atoms with van der Waals surface area (Å²) in [6.07, 6.45) is 4.81. The minimum Gasteiger partial charge on any atom is -0.389 e. The first-order chi connectivity index (χ1) is 22.3. The van der Waals surface area contributed by atoms with E-state index in [0.29, 0.717) is 30.7 Å². The Balaban J connectivity index is 0.000000277. The largest absolute Gasteiger partial charge is 0.389 e. The molecule has 1 saturated carbocycles. The van der Waals surface area contributed by atoms with Gasteiger partial charge in [0.15, 0.2) is 0 Å². The second kappa shape index (κ2) is 16.5. The molecule has 0 bridgehead atoms. The number of benzene rings is 3. The van der Waals surface area contributed by atoms with Crippen molar-refractivity contribution in [2.75, 3.05) is 27.4 Å². The molecule has 0 amide bonds. The van der Waals surface area contributed by atoms with Gasteiger partial charge >= 0.3 is 0 Å². The average molecular weight is 660 g/mol. The van der Waals surface area contributed by atoms with Crippen LogP contribution in [0.5, 0.6) is 0 Å². The van der Waals surface area contributed by atoms with Crippen molar-refractivity contribution in [3.63, 3.8) is 0 Å². The van der Waals surface area contributed by atoms with Crippen LogP contribution in [0.15, 0.2) is 60.7 Å². The number of halogens is 4. The molecule has 5 nitrogen and oxygen atoms in total. The van der Waals surface area contributed by atoms with Crippen LogP contribution < -0.4 is 5.32 Å². The number of hydrogen-bond donors (Lipinski definition) is 2. The minimum absolute atomic E-state index is 0.0623. The number of epoxide rings is 1. The van der Waals surface area contributed by atoms with Crippen LogP contribution in [-0.2, 0) is 38.0 Å². The van der Waals surface area contributed by atoms with Crippen molar-refractivity contribution < 1.29 is 36.9 Å². The van der Waals surface area contributed by atoms with Crippen LogP contribution >= 0.6 is 0 Å². The molecule has 3 aromatic rings. The summed E-state index contributed by atoms with van der Waals surface area (Å²) in [7, 11) is 3.09. The van der Waals surface area contributed by atoms with Crippen molar-refractivity contribution in [1.82, 2.24) is 5.32 Å². The fraction of sp³-hybridized carbons (Fsp3) is 0.526. The molecule has 0 spiro atoms. The molecule has 5 rings (SSSR count). The standard InChI is InChI=1S/C27H37F2NO2.C11H12F2O2/c1-26(2,3)20-9-8-10-21(16-20)27(11-6-5-7-12-27)30-18-24(31)25(32-4)15-19-13-22(28)17-23(29)14-19;1-14-10(11-6-15-11)4-7-2-8(12)5-9(13)3-7/h8-10,13-14,16-17,24-25,30-31H,5-7,11-12,15,18H2,1-4H3;2-3,5,10-11H,4,6H2,1H3. The van der Waals surface area contributed by atoms with Gasteiger partial charge in [0, 0.05) is 51.3 Å². The number of aliphatic hydroxyl groups is 1. The zero-order valence-electron chi connectivity index (χ0n) is 28.1. The molecule has 2 aliphatic rings. The highest BCUT2D eigenvalue weighted by Crippen LogP contribution is 2.38. The highest BCUT2D eigenvalue weighted by Gasteiger charge is 2.36. The minimum atomic E-state index is -0.809. The van der Waals surface area contributed by atoms with Crippen LogP contribution in [0.1, 0.15) is 75.1 Å². The molecule has 1 aliphatic heterocycles. The lowest BCUT2D eigenvalue weighted by molar-refractivity contribution is -0.0152. The van der Waals surface area contributed by atoms with Crippen molar-refractivity contribution in [3.8, 4) is 0 Å². The Bertz CT molecular complexity index is 1390. The highest BCUT2D eigenvalue weighted by molar-refractivity contribution is 5.34. The van der Waals surface area contributed by atoms with E-state index in [1.54, 1.807) is 7.11 Å². The summed E-state index contributed by atoms with van der Waals surface area (Å²) in [4.78, 5) is 0. The monoisotopic (exact) mass is 659 g/mol. The smallest absolute Gasteiger partial charge is 0.126 e. The SMILES string of the molecule is COC(Cc1cc(F)cc(F)c1)C(O)CNC1(c2cccc(C(C)(C)C)c2)CCCCC1.COC(Cc1cc(F)cc(F)c1)C1CO1. The number of rotatable bonds is 12. The predicted molar refractivity (Wildman–Crippen MR) is 175 cm³/mol. The van der Waals surface area contributed by atoms with Crippen LogP contribution in [0.4, 0.5) is 17.6 Å². The van der Waals surface area contributed by atoms with E-state index in [2.05, 4.69) is 50.4 Å². The first kappa shape index (κ1) is 37.0. The Kier molecular flexibility index (Phi) is 13.0. The van der Waals surface area contributed by atoms with Crippen molar-refractivity contribution in [2.45, 2.75) is 101 Å². The molecule has 1 heterocycles. The fourth-order valence-electron chi connectivity index (χ4n) is 6.37. The Labute approximate surface area is 276 Å². The zero-order valence-corrected chi connectivity index (χ0v) is 28.1. The number of aliphatic hydroxyl groups excluding tert-OH is 1. The quantitative estimate of drug-likeness (QED) is 0.155. The second-order valence-electron chi connectivity index (χ2n) is 13.8. The summed E-state index contributed by atoms with van der Waals surface area (Å²) < 4.78 is 68.7. The molecule has 0 radical (unpaired) electrons.